The summed E-state index contributed by atoms with van der Waals surface area (Å²) in [6.07, 6.45) is 0. The number of carbonyl (C=O) groups is 4. The number of hydrogen-bond acceptors (Lipinski definition) is 5. The number of esters is 1. The zero-order valence-corrected chi connectivity index (χ0v) is 12.7. The fourth-order valence-electron chi connectivity index (χ4n) is 2.41. The molecule has 7 nitrogen and oxygen atoms in total. The van der Waals surface area contributed by atoms with E-state index in [0.717, 1.165) is 17.0 Å². The van der Waals surface area contributed by atoms with Crippen LogP contribution in [0.4, 0.5) is 10.1 Å². The predicted octanol–water partition coefficient (Wildman–Crippen LogP) is 1.27. The lowest BCUT2D eigenvalue weighted by Gasteiger charge is -2.13. The van der Waals surface area contributed by atoms with E-state index in [-0.39, 0.29) is 22.4 Å². The number of amides is 3. The molecule has 0 aromatic heterocycles. The largest absolute Gasteiger partial charge is 0.452 e. The number of carbonyl (C=O) groups excluding carboxylic acids is 4. The summed E-state index contributed by atoms with van der Waals surface area (Å²) in [4.78, 5) is 48.3. The average Bonchev–Trinajstić information content (AvgIpc) is 2.84. The van der Waals surface area contributed by atoms with Crippen molar-refractivity contribution in [1.29, 1.82) is 0 Å². The van der Waals surface area contributed by atoms with Gasteiger partial charge in [-0.25, -0.2) is 14.1 Å². The third kappa shape index (κ3) is 2.97. The van der Waals surface area contributed by atoms with E-state index in [1.54, 1.807) is 0 Å². The van der Waals surface area contributed by atoms with E-state index in [1.165, 1.54) is 30.3 Å². The molecule has 2 aromatic rings. The lowest BCUT2D eigenvalue weighted by molar-refractivity contribution is -0.121. The molecule has 3 rings (SSSR count). The van der Waals surface area contributed by atoms with E-state index in [2.05, 4.69) is 4.74 Å². The highest BCUT2D eigenvalue weighted by molar-refractivity contribution is 6.34. The maximum Gasteiger partial charge on any atom is 0.338 e. The Morgan fingerprint density at radius 2 is 1.64 bits per heavy atom. The fraction of sp³-hybridized carbons (Fsp3) is 0.0588. The van der Waals surface area contributed by atoms with Crippen molar-refractivity contribution in [2.24, 2.45) is 5.73 Å². The van der Waals surface area contributed by atoms with Gasteiger partial charge in [0.05, 0.1) is 22.4 Å². The van der Waals surface area contributed by atoms with Gasteiger partial charge in [0, 0.05) is 0 Å². The number of fused-ring (bicyclic) bond motifs is 1. The summed E-state index contributed by atoms with van der Waals surface area (Å²) < 4.78 is 17.7. The SMILES string of the molecule is NC(=O)COC(=O)c1ccc2c(c1)C(=O)N(c1ccc(F)cc1)C2=O. The van der Waals surface area contributed by atoms with Crippen LogP contribution in [0, 0.1) is 5.82 Å². The van der Waals surface area contributed by atoms with Crippen molar-refractivity contribution in [3.8, 4) is 0 Å². The van der Waals surface area contributed by atoms with Crippen molar-refractivity contribution < 1.29 is 28.3 Å². The van der Waals surface area contributed by atoms with Gasteiger partial charge in [-0.3, -0.25) is 14.4 Å². The molecule has 0 spiro atoms. The zero-order chi connectivity index (χ0) is 18.1. The number of imide groups is 1. The maximum atomic E-state index is 13.0. The number of primary amides is 1. The normalized spacial score (nSPS) is 12.9. The van der Waals surface area contributed by atoms with E-state index < -0.39 is 36.1 Å². The number of rotatable bonds is 4. The van der Waals surface area contributed by atoms with Crippen molar-refractivity contribution >= 4 is 29.4 Å². The second-order valence-electron chi connectivity index (χ2n) is 5.22. The van der Waals surface area contributed by atoms with Crippen LogP contribution in [0.25, 0.3) is 0 Å². The third-order valence-corrected chi connectivity index (χ3v) is 3.55. The summed E-state index contributed by atoms with van der Waals surface area (Å²) in [6.45, 7) is -0.593. The highest BCUT2D eigenvalue weighted by Crippen LogP contribution is 2.29. The lowest BCUT2D eigenvalue weighted by Crippen LogP contribution is -2.29. The van der Waals surface area contributed by atoms with Gasteiger partial charge in [0.1, 0.15) is 5.82 Å². The monoisotopic (exact) mass is 342 g/mol. The second-order valence-corrected chi connectivity index (χ2v) is 5.22. The van der Waals surface area contributed by atoms with Gasteiger partial charge in [-0.1, -0.05) is 0 Å². The van der Waals surface area contributed by atoms with Gasteiger partial charge in [-0.15, -0.1) is 0 Å². The predicted molar refractivity (Wildman–Crippen MR) is 83.5 cm³/mol. The molecule has 0 aliphatic carbocycles. The molecular weight excluding hydrogens is 331 g/mol. The van der Waals surface area contributed by atoms with Crippen LogP contribution < -0.4 is 10.6 Å². The first-order chi connectivity index (χ1) is 11.9. The Morgan fingerprint density at radius 3 is 2.28 bits per heavy atom. The summed E-state index contributed by atoms with van der Waals surface area (Å²) in [5, 5.41) is 0. The summed E-state index contributed by atoms with van der Waals surface area (Å²) in [5.74, 6) is -3.38. The van der Waals surface area contributed by atoms with Gasteiger partial charge in [0.15, 0.2) is 6.61 Å². The van der Waals surface area contributed by atoms with E-state index in [9.17, 15) is 23.6 Å². The van der Waals surface area contributed by atoms with Gasteiger partial charge < -0.3 is 10.5 Å². The standard InChI is InChI=1S/C17H11FN2O5/c18-10-2-4-11(5-3-10)20-15(22)12-6-1-9(7-13(12)16(20)23)17(24)25-8-14(19)21/h1-7H,8H2,(H2,19,21). The minimum absolute atomic E-state index is 0.00195. The number of nitrogens with zero attached hydrogens (tertiary/aromatic N) is 1. The topological polar surface area (TPSA) is 107 Å². The van der Waals surface area contributed by atoms with Crippen LogP contribution in [0.5, 0.6) is 0 Å². The Hall–Kier alpha value is -3.55. The minimum Gasteiger partial charge on any atom is -0.452 e. The molecule has 25 heavy (non-hydrogen) atoms. The van der Waals surface area contributed by atoms with Gasteiger partial charge >= 0.3 is 5.97 Å². The molecule has 1 heterocycles. The summed E-state index contributed by atoms with van der Waals surface area (Å²) in [6, 6.07) is 8.71. The van der Waals surface area contributed by atoms with E-state index >= 15 is 0 Å². The average molecular weight is 342 g/mol. The van der Waals surface area contributed by atoms with Crippen molar-refractivity contribution in [2.45, 2.75) is 0 Å². The molecule has 0 unspecified atom stereocenters. The fourth-order valence-corrected chi connectivity index (χ4v) is 2.41. The minimum atomic E-state index is -0.845. The highest BCUT2D eigenvalue weighted by atomic mass is 19.1. The summed E-state index contributed by atoms with van der Waals surface area (Å²) in [7, 11) is 0. The molecule has 1 aliphatic heterocycles. The molecule has 0 fully saturated rings. The van der Waals surface area contributed by atoms with E-state index in [4.69, 9.17) is 5.73 Å². The van der Waals surface area contributed by atoms with Crippen LogP contribution in [0.1, 0.15) is 31.1 Å². The molecule has 8 heteroatoms. The van der Waals surface area contributed by atoms with Crippen LogP contribution in [0.3, 0.4) is 0 Å². The highest BCUT2D eigenvalue weighted by Gasteiger charge is 2.37. The number of hydrogen-bond donors (Lipinski definition) is 1. The summed E-state index contributed by atoms with van der Waals surface area (Å²) >= 11 is 0. The molecular formula is C17H11FN2O5. The lowest BCUT2D eigenvalue weighted by atomic mass is 10.1. The maximum absolute atomic E-state index is 13.0. The Kier molecular flexibility index (Phi) is 4.02. The Labute approximate surface area is 140 Å². The van der Waals surface area contributed by atoms with Gasteiger partial charge in [-0.2, -0.15) is 0 Å². The number of ether oxygens (including phenoxy) is 1. The smallest absolute Gasteiger partial charge is 0.338 e. The Morgan fingerprint density at radius 1 is 1.00 bits per heavy atom. The first-order valence-corrected chi connectivity index (χ1v) is 7.12. The number of anilines is 1. The summed E-state index contributed by atoms with van der Waals surface area (Å²) in [5.41, 5.74) is 5.24. The molecule has 2 aromatic carbocycles. The first-order valence-electron chi connectivity index (χ1n) is 7.12. The van der Waals surface area contributed by atoms with Gasteiger partial charge in [0.25, 0.3) is 17.7 Å². The second kappa shape index (κ2) is 6.16. The quantitative estimate of drug-likeness (QED) is 0.665. The van der Waals surface area contributed by atoms with E-state index in [1.807, 2.05) is 0 Å². The van der Waals surface area contributed by atoms with Crippen molar-refractivity contribution in [2.75, 3.05) is 11.5 Å². The van der Waals surface area contributed by atoms with Crippen LogP contribution in [-0.4, -0.2) is 30.3 Å². The number of nitrogens with two attached hydrogens (primary N) is 1. The molecule has 1 aliphatic rings. The molecule has 0 bridgehead atoms. The molecule has 2 N–H and O–H groups in total. The molecule has 0 saturated carbocycles. The van der Waals surface area contributed by atoms with Crippen LogP contribution in [-0.2, 0) is 9.53 Å². The van der Waals surface area contributed by atoms with E-state index in [0.29, 0.717) is 0 Å². The molecule has 3 amide bonds. The van der Waals surface area contributed by atoms with Crippen LogP contribution >= 0.6 is 0 Å². The van der Waals surface area contributed by atoms with Crippen molar-refractivity contribution in [3.05, 3.63) is 65.0 Å². The Balaban J connectivity index is 1.91. The zero-order valence-electron chi connectivity index (χ0n) is 12.7. The van der Waals surface area contributed by atoms with Gasteiger partial charge in [-0.05, 0) is 42.5 Å². The van der Waals surface area contributed by atoms with Crippen molar-refractivity contribution in [3.63, 3.8) is 0 Å². The van der Waals surface area contributed by atoms with Crippen LogP contribution in [0.2, 0.25) is 0 Å². The van der Waals surface area contributed by atoms with Crippen LogP contribution in [0.15, 0.2) is 42.5 Å². The number of halogens is 1. The third-order valence-electron chi connectivity index (χ3n) is 3.55. The van der Waals surface area contributed by atoms with Gasteiger partial charge in [0.2, 0.25) is 0 Å². The van der Waals surface area contributed by atoms with Crippen molar-refractivity contribution in [1.82, 2.24) is 0 Å². The Bertz CT molecular complexity index is 908. The first kappa shape index (κ1) is 16.3. The molecule has 0 radical (unpaired) electrons. The molecule has 126 valence electrons. The molecule has 0 saturated heterocycles. The number of benzene rings is 2. The molecule has 0 atom stereocenters.